The average molecular weight is 320 g/mol. The van der Waals surface area contributed by atoms with Crippen LogP contribution in [0.5, 0.6) is 0 Å². The number of nitrogens with zero attached hydrogens (tertiary/aromatic N) is 1. The lowest BCUT2D eigenvalue weighted by atomic mass is 10.0. The second-order valence-corrected chi connectivity index (χ2v) is 6.38. The molecule has 1 fully saturated rings. The molecule has 1 N–H and O–H groups in total. The van der Waals surface area contributed by atoms with Gasteiger partial charge >= 0.3 is 6.09 Å². The van der Waals surface area contributed by atoms with Gasteiger partial charge in [-0.05, 0) is 24.3 Å². The Morgan fingerprint density at radius 2 is 1.91 bits per heavy atom. The van der Waals surface area contributed by atoms with Gasteiger partial charge in [-0.2, -0.15) is 0 Å². The maximum Gasteiger partial charge on any atom is 0.408 e. The molecule has 0 spiro atoms. The molecule has 22 heavy (non-hydrogen) atoms. The van der Waals surface area contributed by atoms with Crippen LogP contribution in [0.25, 0.3) is 0 Å². The van der Waals surface area contributed by atoms with Gasteiger partial charge in [0.15, 0.2) is 0 Å². The van der Waals surface area contributed by atoms with Gasteiger partial charge in [0.1, 0.15) is 11.6 Å². The van der Waals surface area contributed by atoms with Crippen LogP contribution in [0.4, 0.5) is 4.79 Å². The highest BCUT2D eigenvalue weighted by Gasteiger charge is 2.27. The van der Waals surface area contributed by atoms with Crippen molar-refractivity contribution in [1.29, 1.82) is 0 Å². The van der Waals surface area contributed by atoms with Gasteiger partial charge in [0, 0.05) is 13.1 Å². The van der Waals surface area contributed by atoms with Crippen LogP contribution in [0.3, 0.4) is 0 Å². The predicted molar refractivity (Wildman–Crippen MR) is 91.8 cm³/mol. The standard InChI is InChI=1S/C17H24N2O2S/c1-13(2)15(16(22)19-10-6-7-11-19)18-17(20)21-12-14-8-4-3-5-9-14/h3-5,8-9,13,15H,6-7,10-12H2,1-2H3,(H,18,20). The van der Waals surface area contributed by atoms with E-state index in [2.05, 4.69) is 24.1 Å². The van der Waals surface area contributed by atoms with E-state index in [0.717, 1.165) is 23.6 Å². The second-order valence-electron chi connectivity index (χ2n) is 5.96. The highest BCUT2D eigenvalue weighted by molar-refractivity contribution is 7.80. The first kappa shape index (κ1) is 16.7. The number of thiocarbonyl (C=S) groups is 1. The Balaban J connectivity index is 1.87. The quantitative estimate of drug-likeness (QED) is 0.845. The smallest absolute Gasteiger partial charge is 0.408 e. The Hall–Kier alpha value is -1.62. The first-order valence-corrected chi connectivity index (χ1v) is 8.24. The Morgan fingerprint density at radius 3 is 2.50 bits per heavy atom. The minimum absolute atomic E-state index is 0.156. The molecule has 1 unspecified atom stereocenters. The number of alkyl carbamates (subject to hydrolysis) is 1. The highest BCUT2D eigenvalue weighted by Crippen LogP contribution is 2.15. The average Bonchev–Trinajstić information content (AvgIpc) is 3.05. The molecule has 1 aromatic carbocycles. The van der Waals surface area contributed by atoms with Gasteiger partial charge < -0.3 is 15.0 Å². The van der Waals surface area contributed by atoms with Crippen molar-refractivity contribution in [2.45, 2.75) is 39.3 Å². The SMILES string of the molecule is CC(C)C(NC(=O)OCc1ccccc1)C(=S)N1CCCC1. The Bertz CT molecular complexity index is 499. The topological polar surface area (TPSA) is 41.6 Å². The molecule has 0 aromatic heterocycles. The van der Waals surface area contributed by atoms with Crippen molar-refractivity contribution < 1.29 is 9.53 Å². The van der Waals surface area contributed by atoms with E-state index in [1.165, 1.54) is 12.8 Å². The van der Waals surface area contributed by atoms with Gasteiger partial charge in [0.05, 0.1) is 6.04 Å². The van der Waals surface area contributed by atoms with Crippen LogP contribution >= 0.6 is 12.2 Å². The normalized spacial score (nSPS) is 15.7. The summed E-state index contributed by atoms with van der Waals surface area (Å²) in [5.74, 6) is 0.234. The van der Waals surface area contributed by atoms with Crippen LogP contribution in [0.1, 0.15) is 32.3 Å². The molecule has 0 bridgehead atoms. The fraction of sp³-hybridized carbons (Fsp3) is 0.529. The number of carbonyl (C=O) groups is 1. The molecule has 1 atom stereocenters. The van der Waals surface area contributed by atoms with Gasteiger partial charge in [0.2, 0.25) is 0 Å². The number of nitrogens with one attached hydrogen (secondary N) is 1. The summed E-state index contributed by atoms with van der Waals surface area (Å²) >= 11 is 5.56. The van der Waals surface area contributed by atoms with E-state index >= 15 is 0 Å². The van der Waals surface area contributed by atoms with E-state index in [1.807, 2.05) is 30.3 Å². The summed E-state index contributed by atoms with van der Waals surface area (Å²) in [6.07, 6.45) is 1.93. The molecule has 120 valence electrons. The zero-order valence-electron chi connectivity index (χ0n) is 13.2. The van der Waals surface area contributed by atoms with Gasteiger partial charge in [-0.3, -0.25) is 0 Å². The maximum atomic E-state index is 12.0. The van der Waals surface area contributed by atoms with Gasteiger partial charge in [-0.25, -0.2) is 4.79 Å². The van der Waals surface area contributed by atoms with Crippen molar-refractivity contribution in [3.63, 3.8) is 0 Å². The van der Waals surface area contributed by atoms with Crippen molar-refractivity contribution in [3.8, 4) is 0 Å². The fourth-order valence-electron chi connectivity index (χ4n) is 2.54. The molecule has 1 amide bonds. The summed E-state index contributed by atoms with van der Waals surface area (Å²) in [7, 11) is 0. The lowest BCUT2D eigenvalue weighted by Crippen LogP contribution is -2.49. The molecule has 1 aromatic rings. The zero-order chi connectivity index (χ0) is 15.9. The summed E-state index contributed by atoms with van der Waals surface area (Å²) in [5, 5.41) is 2.92. The first-order valence-electron chi connectivity index (χ1n) is 7.84. The van der Waals surface area contributed by atoms with Crippen LogP contribution < -0.4 is 5.32 Å². The number of carbonyl (C=O) groups excluding carboxylic acids is 1. The van der Waals surface area contributed by atoms with Crippen molar-refractivity contribution in [2.24, 2.45) is 5.92 Å². The maximum absolute atomic E-state index is 12.0. The third-order valence-electron chi connectivity index (χ3n) is 3.84. The van der Waals surface area contributed by atoms with Gasteiger partial charge in [-0.1, -0.05) is 56.4 Å². The molecule has 5 heteroatoms. The largest absolute Gasteiger partial charge is 0.445 e. The van der Waals surface area contributed by atoms with E-state index in [1.54, 1.807) is 0 Å². The molecule has 1 saturated heterocycles. The minimum Gasteiger partial charge on any atom is -0.445 e. The molecule has 1 aliphatic rings. The first-order chi connectivity index (χ1) is 10.6. The monoisotopic (exact) mass is 320 g/mol. The number of ether oxygens (including phenoxy) is 1. The van der Waals surface area contributed by atoms with Crippen LogP contribution in [0.2, 0.25) is 0 Å². The van der Waals surface area contributed by atoms with E-state index in [9.17, 15) is 4.79 Å². The van der Waals surface area contributed by atoms with E-state index in [-0.39, 0.29) is 18.6 Å². The zero-order valence-corrected chi connectivity index (χ0v) is 14.1. The van der Waals surface area contributed by atoms with Crippen molar-refractivity contribution in [2.75, 3.05) is 13.1 Å². The summed E-state index contributed by atoms with van der Waals surface area (Å²) in [4.78, 5) is 15.1. The Labute approximate surface area is 137 Å². The van der Waals surface area contributed by atoms with E-state index < -0.39 is 6.09 Å². The molecular formula is C17H24N2O2S. The molecule has 4 nitrogen and oxygen atoms in total. The Morgan fingerprint density at radius 1 is 1.27 bits per heavy atom. The summed E-state index contributed by atoms with van der Waals surface area (Å²) in [5.41, 5.74) is 0.973. The molecule has 0 saturated carbocycles. The van der Waals surface area contributed by atoms with E-state index in [4.69, 9.17) is 17.0 Å². The van der Waals surface area contributed by atoms with Crippen LogP contribution in [0, 0.1) is 5.92 Å². The number of likely N-dealkylation sites (tertiary alicyclic amines) is 1. The fourth-order valence-corrected chi connectivity index (χ4v) is 3.05. The van der Waals surface area contributed by atoms with E-state index in [0.29, 0.717) is 0 Å². The number of hydrogen-bond acceptors (Lipinski definition) is 3. The van der Waals surface area contributed by atoms with Crippen molar-refractivity contribution in [1.82, 2.24) is 10.2 Å². The van der Waals surface area contributed by atoms with Crippen molar-refractivity contribution in [3.05, 3.63) is 35.9 Å². The van der Waals surface area contributed by atoms with Crippen LogP contribution in [0.15, 0.2) is 30.3 Å². The second kappa shape index (κ2) is 8.13. The third-order valence-corrected chi connectivity index (χ3v) is 4.35. The Kier molecular flexibility index (Phi) is 6.19. The lowest BCUT2D eigenvalue weighted by Gasteiger charge is -2.29. The number of benzene rings is 1. The summed E-state index contributed by atoms with van der Waals surface area (Å²) < 4.78 is 5.29. The van der Waals surface area contributed by atoms with Crippen LogP contribution in [-0.2, 0) is 11.3 Å². The molecular weight excluding hydrogens is 296 g/mol. The predicted octanol–water partition coefficient (Wildman–Crippen LogP) is 3.36. The van der Waals surface area contributed by atoms with Gasteiger partial charge in [0.25, 0.3) is 0 Å². The van der Waals surface area contributed by atoms with Crippen LogP contribution in [-0.4, -0.2) is 35.1 Å². The molecule has 2 rings (SSSR count). The summed E-state index contributed by atoms with van der Waals surface area (Å²) in [6.45, 7) is 6.37. The summed E-state index contributed by atoms with van der Waals surface area (Å²) in [6, 6.07) is 9.50. The number of rotatable bonds is 5. The molecule has 1 heterocycles. The highest BCUT2D eigenvalue weighted by atomic mass is 32.1. The van der Waals surface area contributed by atoms with Crippen molar-refractivity contribution >= 4 is 23.3 Å². The molecule has 1 aliphatic heterocycles. The third kappa shape index (κ3) is 4.70. The molecule has 0 radical (unpaired) electrons. The minimum atomic E-state index is -0.413. The lowest BCUT2D eigenvalue weighted by molar-refractivity contribution is 0.135. The number of amides is 1. The molecule has 0 aliphatic carbocycles. The number of hydrogen-bond donors (Lipinski definition) is 1. The van der Waals surface area contributed by atoms with Gasteiger partial charge in [-0.15, -0.1) is 0 Å².